The molecule has 0 saturated carbocycles. The second-order valence-corrected chi connectivity index (χ2v) is 7.01. The maximum absolute atomic E-state index is 11.6. The highest BCUT2D eigenvalue weighted by Crippen LogP contribution is 2.17. The lowest BCUT2D eigenvalue weighted by Crippen LogP contribution is -2.29. The summed E-state index contributed by atoms with van der Waals surface area (Å²) in [5.41, 5.74) is 2.15. The van der Waals surface area contributed by atoms with Crippen molar-refractivity contribution in [2.24, 2.45) is 5.92 Å². The van der Waals surface area contributed by atoms with Gasteiger partial charge in [-0.15, -0.1) is 0 Å². The number of nitrogens with one attached hydrogen (secondary N) is 1. The van der Waals surface area contributed by atoms with Gasteiger partial charge in [0.2, 0.25) is 5.91 Å². The molecule has 0 aliphatic carbocycles. The van der Waals surface area contributed by atoms with Crippen LogP contribution in [0.25, 0.3) is 0 Å². The average molecular weight is 374 g/mol. The molecule has 0 bridgehead atoms. The fourth-order valence-electron chi connectivity index (χ4n) is 2.99. The number of hydrogen-bond acceptors (Lipinski definition) is 4. The quantitative estimate of drug-likeness (QED) is 0.233. The van der Waals surface area contributed by atoms with Gasteiger partial charge in [-0.25, -0.2) is 5.48 Å². The van der Waals surface area contributed by atoms with E-state index in [0.29, 0.717) is 6.42 Å². The van der Waals surface area contributed by atoms with E-state index in [0.717, 1.165) is 19.3 Å². The molecule has 0 spiro atoms. The normalized spacial score (nSPS) is 12.1. The van der Waals surface area contributed by atoms with Gasteiger partial charge in [0, 0.05) is 6.42 Å². The van der Waals surface area contributed by atoms with E-state index in [1.807, 2.05) is 0 Å². The van der Waals surface area contributed by atoms with Crippen LogP contribution in [0.1, 0.15) is 96.8 Å². The third-order valence-electron chi connectivity index (χ3n) is 4.57. The smallest absolute Gasteiger partial charge is 0.307 e. The lowest BCUT2D eigenvalue weighted by atomic mass is 9.97. The Balaban J connectivity index is 3.57. The van der Waals surface area contributed by atoms with Gasteiger partial charge in [-0.1, -0.05) is 84.0 Å². The van der Waals surface area contributed by atoms with Crippen LogP contribution in [-0.2, 0) is 14.4 Å². The first-order valence-corrected chi connectivity index (χ1v) is 10.4. The molecule has 0 aromatic rings. The summed E-state index contributed by atoms with van der Waals surface area (Å²) in [5, 5.41) is 17.8. The second kappa shape index (κ2) is 18.6. The van der Waals surface area contributed by atoms with Crippen molar-refractivity contribution in [2.45, 2.75) is 96.8 Å². The summed E-state index contributed by atoms with van der Waals surface area (Å²) in [6.07, 6.45) is 15.3. The Bertz CT molecular complexity index is 349. The summed E-state index contributed by atoms with van der Waals surface area (Å²) in [5.74, 6) is -2.06. The Morgan fingerprint density at radius 2 is 1.38 bits per heavy atom. The number of amides is 1. The van der Waals surface area contributed by atoms with Crippen molar-refractivity contribution in [1.82, 2.24) is 5.48 Å². The summed E-state index contributed by atoms with van der Waals surface area (Å²) in [4.78, 5) is 27.5. The summed E-state index contributed by atoms with van der Waals surface area (Å²) >= 11 is 0. The number of unbranched alkanes of at least 4 members (excludes halogenated alkanes) is 11. The van der Waals surface area contributed by atoms with Gasteiger partial charge in [0.1, 0.15) is 0 Å². The van der Waals surface area contributed by atoms with E-state index >= 15 is 0 Å². The number of carbonyl (C=O) groups is 2. The number of rotatable bonds is 19. The van der Waals surface area contributed by atoms with Crippen LogP contribution in [0, 0.1) is 5.92 Å². The number of carbonyl (C=O) groups excluding carboxylic acids is 1. The van der Waals surface area contributed by atoms with E-state index < -0.39 is 17.8 Å². The third-order valence-corrected chi connectivity index (χ3v) is 4.57. The fraction of sp³-hybridized carbons (Fsp3) is 0.900. The molecule has 1 unspecified atom stereocenters. The molecule has 0 aliphatic heterocycles. The van der Waals surface area contributed by atoms with Crippen LogP contribution in [-0.4, -0.2) is 35.3 Å². The summed E-state index contributed by atoms with van der Waals surface area (Å²) in [6, 6.07) is 0. The van der Waals surface area contributed by atoms with E-state index in [1.54, 1.807) is 0 Å². The SMILES string of the molecule is CCCCCCCCCCCCCCC(CC(=O)NOCCO)C(=O)O. The van der Waals surface area contributed by atoms with E-state index in [9.17, 15) is 14.7 Å². The van der Waals surface area contributed by atoms with Gasteiger partial charge in [0.15, 0.2) is 0 Å². The predicted octanol–water partition coefficient (Wildman–Crippen LogP) is 4.21. The average Bonchev–Trinajstić information content (AvgIpc) is 2.61. The van der Waals surface area contributed by atoms with Crippen molar-refractivity contribution in [1.29, 1.82) is 0 Å². The highest BCUT2D eigenvalue weighted by molar-refractivity contribution is 5.81. The van der Waals surface area contributed by atoms with Gasteiger partial charge in [-0.3, -0.25) is 14.4 Å². The summed E-state index contributed by atoms with van der Waals surface area (Å²) < 4.78 is 0. The Hall–Kier alpha value is -1.14. The van der Waals surface area contributed by atoms with E-state index in [1.165, 1.54) is 57.8 Å². The molecule has 0 aromatic heterocycles. The van der Waals surface area contributed by atoms with Gasteiger partial charge in [0.05, 0.1) is 19.1 Å². The lowest BCUT2D eigenvalue weighted by Gasteiger charge is -2.12. The standard InChI is InChI=1S/C20H39NO5/c1-2-3-4-5-6-7-8-9-10-11-12-13-14-18(20(24)25)17-19(23)21-26-16-15-22/h18,22H,2-17H2,1H3,(H,21,23)(H,24,25). The highest BCUT2D eigenvalue weighted by Gasteiger charge is 2.20. The van der Waals surface area contributed by atoms with Crippen LogP contribution in [0.2, 0.25) is 0 Å². The number of aliphatic hydroxyl groups is 1. The molecular formula is C20H39NO5. The van der Waals surface area contributed by atoms with Crippen molar-refractivity contribution >= 4 is 11.9 Å². The first-order chi connectivity index (χ1) is 12.6. The lowest BCUT2D eigenvalue weighted by molar-refractivity contribution is -0.147. The summed E-state index contributed by atoms with van der Waals surface area (Å²) in [7, 11) is 0. The number of aliphatic carboxylic acids is 1. The van der Waals surface area contributed by atoms with Crippen molar-refractivity contribution < 1.29 is 24.6 Å². The van der Waals surface area contributed by atoms with Crippen LogP contribution in [0.3, 0.4) is 0 Å². The molecule has 0 fully saturated rings. The Kier molecular flexibility index (Phi) is 17.8. The molecule has 0 aliphatic rings. The molecule has 1 atom stereocenters. The van der Waals surface area contributed by atoms with Crippen molar-refractivity contribution in [2.75, 3.05) is 13.2 Å². The first-order valence-electron chi connectivity index (χ1n) is 10.4. The molecule has 6 nitrogen and oxygen atoms in total. The van der Waals surface area contributed by atoms with Crippen molar-refractivity contribution in [3.05, 3.63) is 0 Å². The molecule has 0 radical (unpaired) electrons. The van der Waals surface area contributed by atoms with Crippen LogP contribution in [0.5, 0.6) is 0 Å². The van der Waals surface area contributed by atoms with Gasteiger partial charge in [-0.2, -0.15) is 0 Å². The minimum Gasteiger partial charge on any atom is -0.481 e. The van der Waals surface area contributed by atoms with Crippen LogP contribution in [0.15, 0.2) is 0 Å². The molecule has 0 saturated heterocycles. The number of hydroxylamine groups is 1. The second-order valence-electron chi connectivity index (χ2n) is 7.01. The largest absolute Gasteiger partial charge is 0.481 e. The van der Waals surface area contributed by atoms with E-state index in [2.05, 4.69) is 12.4 Å². The maximum atomic E-state index is 11.6. The molecule has 0 aromatic carbocycles. The molecule has 1 amide bonds. The topological polar surface area (TPSA) is 95.9 Å². The fourth-order valence-corrected chi connectivity index (χ4v) is 2.99. The zero-order valence-corrected chi connectivity index (χ0v) is 16.5. The van der Waals surface area contributed by atoms with Gasteiger partial charge < -0.3 is 10.2 Å². The molecule has 6 heteroatoms. The monoisotopic (exact) mass is 373 g/mol. The molecule has 0 heterocycles. The van der Waals surface area contributed by atoms with Crippen LogP contribution >= 0.6 is 0 Å². The molecule has 154 valence electrons. The Morgan fingerprint density at radius 1 is 0.885 bits per heavy atom. The van der Waals surface area contributed by atoms with Gasteiger partial charge in [0.25, 0.3) is 0 Å². The van der Waals surface area contributed by atoms with Crippen molar-refractivity contribution in [3.8, 4) is 0 Å². The molecule has 3 N–H and O–H groups in total. The molecular weight excluding hydrogens is 334 g/mol. The number of carboxylic acids is 1. The number of aliphatic hydroxyl groups excluding tert-OH is 1. The van der Waals surface area contributed by atoms with Crippen LogP contribution in [0.4, 0.5) is 0 Å². The van der Waals surface area contributed by atoms with E-state index in [-0.39, 0.29) is 19.6 Å². The van der Waals surface area contributed by atoms with Gasteiger partial charge in [-0.05, 0) is 6.42 Å². The third kappa shape index (κ3) is 16.3. The maximum Gasteiger partial charge on any atom is 0.307 e. The Labute approximate surface area is 158 Å². The van der Waals surface area contributed by atoms with Crippen LogP contribution < -0.4 is 5.48 Å². The Morgan fingerprint density at radius 3 is 1.85 bits per heavy atom. The minimum absolute atomic E-state index is 0.00220. The first kappa shape index (κ1) is 24.9. The summed E-state index contributed by atoms with van der Waals surface area (Å²) in [6.45, 7) is 2.05. The van der Waals surface area contributed by atoms with Gasteiger partial charge >= 0.3 is 5.97 Å². The number of hydrogen-bond donors (Lipinski definition) is 3. The number of carboxylic acid groups (broad SMARTS) is 1. The van der Waals surface area contributed by atoms with E-state index in [4.69, 9.17) is 9.94 Å². The molecule has 26 heavy (non-hydrogen) atoms. The van der Waals surface area contributed by atoms with Crippen molar-refractivity contribution in [3.63, 3.8) is 0 Å². The zero-order valence-electron chi connectivity index (χ0n) is 16.5. The minimum atomic E-state index is -0.939. The predicted molar refractivity (Wildman–Crippen MR) is 103 cm³/mol. The highest BCUT2D eigenvalue weighted by atomic mass is 16.7. The zero-order chi connectivity index (χ0) is 19.5. The molecule has 0 rings (SSSR count).